The maximum atomic E-state index is 13.6. The average molecular weight is 338 g/mol. The van der Waals surface area contributed by atoms with Gasteiger partial charge in [-0.2, -0.15) is 13.2 Å². The predicted octanol–water partition coefficient (Wildman–Crippen LogP) is 3.58. The number of rotatable bonds is 4. The first-order valence-electron chi connectivity index (χ1n) is 7.68. The van der Waals surface area contributed by atoms with E-state index in [1.807, 2.05) is 13.0 Å². The van der Waals surface area contributed by atoms with Gasteiger partial charge in [-0.15, -0.1) is 0 Å². The van der Waals surface area contributed by atoms with Gasteiger partial charge in [-0.25, -0.2) is 5.01 Å². The molecule has 2 aromatic rings. The van der Waals surface area contributed by atoms with E-state index in [2.05, 4.69) is 5.43 Å². The number of nitrogens with zero attached hydrogens (tertiary/aromatic N) is 1. The minimum absolute atomic E-state index is 0.0220. The minimum Gasteiger partial charge on any atom is -0.493 e. The molecule has 1 aliphatic heterocycles. The normalized spacial score (nSPS) is 17.1. The van der Waals surface area contributed by atoms with E-state index >= 15 is 0 Å². The van der Waals surface area contributed by atoms with Crippen molar-refractivity contribution in [1.82, 2.24) is 10.4 Å². The molecule has 128 valence electrons. The van der Waals surface area contributed by atoms with Gasteiger partial charge in [0, 0.05) is 18.4 Å². The van der Waals surface area contributed by atoms with Gasteiger partial charge in [0.25, 0.3) is 0 Å². The fraction of sp³-hybridized carbons (Fsp3) is 0.353. The van der Waals surface area contributed by atoms with Crippen LogP contribution in [0.3, 0.4) is 0 Å². The molecule has 0 spiro atoms. The van der Waals surface area contributed by atoms with E-state index in [0.29, 0.717) is 17.7 Å². The van der Waals surface area contributed by atoms with Crippen LogP contribution in [-0.2, 0) is 4.79 Å². The van der Waals surface area contributed by atoms with E-state index in [4.69, 9.17) is 4.74 Å². The van der Waals surface area contributed by atoms with Gasteiger partial charge in [0.2, 0.25) is 5.91 Å². The maximum Gasteiger partial charge on any atom is 0.409 e. The van der Waals surface area contributed by atoms with Crippen molar-refractivity contribution in [2.45, 2.75) is 25.6 Å². The molecule has 3 rings (SSSR count). The maximum absolute atomic E-state index is 13.6. The van der Waals surface area contributed by atoms with Crippen molar-refractivity contribution in [3.63, 3.8) is 0 Å². The van der Waals surface area contributed by atoms with E-state index in [1.165, 1.54) is 12.1 Å². The van der Waals surface area contributed by atoms with Crippen molar-refractivity contribution in [1.29, 1.82) is 0 Å². The van der Waals surface area contributed by atoms with Gasteiger partial charge >= 0.3 is 6.18 Å². The first-order chi connectivity index (χ1) is 11.4. The predicted molar refractivity (Wildman–Crippen MR) is 83.4 cm³/mol. The van der Waals surface area contributed by atoms with Crippen molar-refractivity contribution >= 4 is 16.7 Å². The van der Waals surface area contributed by atoms with Crippen LogP contribution in [0.1, 0.15) is 24.9 Å². The molecule has 0 radical (unpaired) electrons. The van der Waals surface area contributed by atoms with Gasteiger partial charge in [-0.1, -0.05) is 24.3 Å². The van der Waals surface area contributed by atoms with Gasteiger partial charge in [0.05, 0.1) is 6.61 Å². The fourth-order valence-corrected chi connectivity index (χ4v) is 2.95. The number of alkyl halides is 3. The van der Waals surface area contributed by atoms with Crippen LogP contribution in [0.15, 0.2) is 36.4 Å². The molecule has 1 saturated heterocycles. The van der Waals surface area contributed by atoms with E-state index in [9.17, 15) is 18.0 Å². The lowest BCUT2D eigenvalue weighted by Crippen LogP contribution is -2.43. The molecular weight excluding hydrogens is 321 g/mol. The first-order valence-corrected chi connectivity index (χ1v) is 7.68. The second-order valence-corrected chi connectivity index (χ2v) is 5.59. The summed E-state index contributed by atoms with van der Waals surface area (Å²) in [7, 11) is 0. The van der Waals surface area contributed by atoms with Crippen LogP contribution in [-0.4, -0.2) is 30.2 Å². The summed E-state index contributed by atoms with van der Waals surface area (Å²) in [6, 6.07) is 8.04. The zero-order valence-electron chi connectivity index (χ0n) is 13.1. The van der Waals surface area contributed by atoms with Crippen LogP contribution in [0, 0.1) is 0 Å². The first kappa shape index (κ1) is 16.6. The third-order valence-electron chi connectivity index (χ3n) is 3.95. The molecule has 1 amide bonds. The SMILES string of the molecule is CCOc1cccc2ccc(C(N3CCC(=O)N3)C(F)(F)F)cc12. The quantitative estimate of drug-likeness (QED) is 0.926. The van der Waals surface area contributed by atoms with Gasteiger partial charge in [-0.05, 0) is 30.0 Å². The Morgan fingerprint density at radius 1 is 1.29 bits per heavy atom. The summed E-state index contributed by atoms with van der Waals surface area (Å²) in [5, 5.41) is 2.37. The number of hydrogen-bond acceptors (Lipinski definition) is 3. The molecule has 7 heteroatoms. The van der Waals surface area contributed by atoms with E-state index < -0.39 is 18.1 Å². The number of hydrogen-bond donors (Lipinski definition) is 1. The van der Waals surface area contributed by atoms with Crippen LogP contribution >= 0.6 is 0 Å². The third kappa shape index (κ3) is 3.17. The van der Waals surface area contributed by atoms with Gasteiger partial charge < -0.3 is 4.74 Å². The number of benzene rings is 2. The Bertz CT molecular complexity index is 761. The molecule has 2 aromatic carbocycles. The minimum atomic E-state index is -4.51. The number of halogens is 3. The monoisotopic (exact) mass is 338 g/mol. The number of fused-ring (bicyclic) bond motifs is 1. The zero-order chi connectivity index (χ0) is 17.3. The van der Waals surface area contributed by atoms with E-state index in [0.717, 1.165) is 10.4 Å². The Kier molecular flexibility index (Phi) is 4.36. The van der Waals surface area contributed by atoms with Crippen molar-refractivity contribution < 1.29 is 22.7 Å². The molecule has 24 heavy (non-hydrogen) atoms. The Labute approximate surface area is 137 Å². The molecule has 1 aliphatic rings. The summed E-state index contributed by atoms with van der Waals surface area (Å²) in [6.45, 7) is 2.27. The second-order valence-electron chi connectivity index (χ2n) is 5.59. The Morgan fingerprint density at radius 3 is 2.71 bits per heavy atom. The molecule has 1 N–H and O–H groups in total. The summed E-state index contributed by atoms with van der Waals surface area (Å²) in [5.74, 6) is 0.142. The third-order valence-corrected chi connectivity index (χ3v) is 3.95. The highest BCUT2D eigenvalue weighted by molar-refractivity contribution is 5.89. The number of hydrazine groups is 1. The van der Waals surface area contributed by atoms with Crippen molar-refractivity contribution in [3.8, 4) is 5.75 Å². The summed E-state index contributed by atoms with van der Waals surface area (Å²) in [5.41, 5.74) is 2.36. The molecule has 0 saturated carbocycles. The molecular formula is C17H17F3N2O2. The molecule has 4 nitrogen and oxygen atoms in total. The van der Waals surface area contributed by atoms with Crippen molar-refractivity contribution in [2.75, 3.05) is 13.2 Å². The largest absolute Gasteiger partial charge is 0.493 e. The summed E-state index contributed by atoms with van der Waals surface area (Å²) < 4.78 is 46.3. The molecule has 1 fully saturated rings. The number of ether oxygens (including phenoxy) is 1. The van der Waals surface area contributed by atoms with Crippen LogP contribution in [0.2, 0.25) is 0 Å². The fourth-order valence-electron chi connectivity index (χ4n) is 2.95. The van der Waals surface area contributed by atoms with Crippen LogP contribution in [0.25, 0.3) is 10.8 Å². The van der Waals surface area contributed by atoms with Crippen LogP contribution < -0.4 is 10.2 Å². The Morgan fingerprint density at radius 2 is 2.08 bits per heavy atom. The highest BCUT2D eigenvalue weighted by Gasteiger charge is 2.46. The molecule has 0 aromatic heterocycles. The van der Waals surface area contributed by atoms with Crippen LogP contribution in [0.5, 0.6) is 5.75 Å². The lowest BCUT2D eigenvalue weighted by Gasteiger charge is -2.29. The average Bonchev–Trinajstić information content (AvgIpc) is 2.93. The van der Waals surface area contributed by atoms with Crippen LogP contribution in [0.4, 0.5) is 13.2 Å². The highest BCUT2D eigenvalue weighted by Crippen LogP contribution is 2.39. The topological polar surface area (TPSA) is 41.6 Å². The highest BCUT2D eigenvalue weighted by atomic mass is 19.4. The van der Waals surface area contributed by atoms with Gasteiger partial charge in [0.1, 0.15) is 11.8 Å². The molecule has 1 unspecified atom stereocenters. The van der Waals surface area contributed by atoms with Crippen molar-refractivity contribution in [2.24, 2.45) is 0 Å². The summed E-state index contributed by atoms with van der Waals surface area (Å²) >= 11 is 0. The number of amides is 1. The Balaban J connectivity index is 2.07. The molecule has 1 heterocycles. The lowest BCUT2D eigenvalue weighted by molar-refractivity contribution is -0.191. The van der Waals surface area contributed by atoms with E-state index in [-0.39, 0.29) is 18.5 Å². The second kappa shape index (κ2) is 6.32. The van der Waals surface area contributed by atoms with E-state index in [1.54, 1.807) is 18.2 Å². The van der Waals surface area contributed by atoms with Gasteiger partial charge in [0.15, 0.2) is 0 Å². The number of carbonyl (C=O) groups excluding carboxylic acids is 1. The lowest BCUT2D eigenvalue weighted by atomic mass is 10.0. The molecule has 0 aliphatic carbocycles. The number of carbonyl (C=O) groups is 1. The standard InChI is InChI=1S/C17H17F3N2O2/c1-2-24-14-5-3-4-11-6-7-12(10-13(11)14)16(17(18,19)20)22-9-8-15(23)21-22/h3-7,10,16H,2,8-9H2,1H3,(H,21,23). The summed E-state index contributed by atoms with van der Waals surface area (Å²) in [4.78, 5) is 11.3. The Hall–Kier alpha value is -2.28. The zero-order valence-corrected chi connectivity index (χ0v) is 13.1. The van der Waals surface area contributed by atoms with Crippen molar-refractivity contribution in [3.05, 3.63) is 42.0 Å². The summed E-state index contributed by atoms with van der Waals surface area (Å²) in [6.07, 6.45) is -4.45. The number of nitrogens with one attached hydrogen (secondary N) is 1. The molecule has 0 bridgehead atoms. The molecule has 1 atom stereocenters. The van der Waals surface area contributed by atoms with Gasteiger partial charge in [-0.3, -0.25) is 10.2 Å². The smallest absolute Gasteiger partial charge is 0.409 e.